The fourth-order valence-corrected chi connectivity index (χ4v) is 3.91. The molecule has 3 heterocycles. The summed E-state index contributed by atoms with van der Waals surface area (Å²) in [5.74, 6) is -1.86. The topological polar surface area (TPSA) is 32.3 Å². The average molecular weight is 360 g/mol. The lowest BCUT2D eigenvalue weighted by molar-refractivity contribution is 0.0175. The molecular weight excluding hydrogens is 342 g/mol. The predicted octanol–water partition coefficient (Wildman–Crippen LogP) is 4.13. The van der Waals surface area contributed by atoms with Crippen LogP contribution < -0.4 is 9.80 Å². The van der Waals surface area contributed by atoms with Crippen LogP contribution in [0, 0.1) is 0 Å². The van der Waals surface area contributed by atoms with Crippen molar-refractivity contribution in [1.29, 1.82) is 0 Å². The zero-order valence-corrected chi connectivity index (χ0v) is 14.6. The first-order valence-electron chi connectivity index (χ1n) is 8.19. The first-order valence-corrected chi connectivity index (χ1v) is 9.07. The summed E-state index contributed by atoms with van der Waals surface area (Å²) in [4.78, 5) is 14.1. The van der Waals surface area contributed by atoms with Crippen molar-refractivity contribution in [3.8, 4) is 0 Å². The van der Waals surface area contributed by atoms with Crippen LogP contribution in [0.1, 0.15) is 12.5 Å². The van der Waals surface area contributed by atoms with Crippen LogP contribution in [0.4, 0.5) is 20.3 Å². The van der Waals surface area contributed by atoms with E-state index >= 15 is 0 Å². The van der Waals surface area contributed by atoms with Crippen LogP contribution in [0.3, 0.4) is 0 Å². The maximum absolute atomic E-state index is 13.6. The molecule has 0 saturated carbocycles. The van der Waals surface area contributed by atoms with Gasteiger partial charge in [-0.1, -0.05) is 12.1 Å². The highest BCUT2D eigenvalue weighted by Crippen LogP contribution is 2.31. The summed E-state index contributed by atoms with van der Waals surface area (Å²) in [5.41, 5.74) is 0.908. The van der Waals surface area contributed by atoms with Crippen LogP contribution in [0.25, 0.3) is 10.2 Å². The van der Waals surface area contributed by atoms with Crippen LogP contribution in [0.2, 0.25) is 0 Å². The van der Waals surface area contributed by atoms with Gasteiger partial charge in [-0.3, -0.25) is 0 Å². The van der Waals surface area contributed by atoms with E-state index in [0.29, 0.717) is 0 Å². The molecule has 0 N–H and O–H groups in total. The molecule has 0 radical (unpaired) electrons. The van der Waals surface area contributed by atoms with Crippen molar-refractivity contribution in [3.63, 3.8) is 0 Å². The lowest BCUT2D eigenvalue weighted by Crippen LogP contribution is -2.47. The Labute approximate surface area is 148 Å². The van der Waals surface area contributed by atoms with E-state index in [1.807, 2.05) is 11.4 Å². The number of benzene rings is 1. The van der Waals surface area contributed by atoms with Gasteiger partial charge in [0.15, 0.2) is 0 Å². The Morgan fingerprint density at radius 2 is 1.80 bits per heavy atom. The number of alkyl halides is 2. The Hall–Kier alpha value is -2.28. The molecule has 0 aliphatic carbocycles. The Morgan fingerprint density at radius 3 is 2.56 bits per heavy atom. The van der Waals surface area contributed by atoms with E-state index in [1.54, 1.807) is 29.8 Å². The second-order valence-electron chi connectivity index (χ2n) is 6.25. The number of thiophene rings is 1. The van der Waals surface area contributed by atoms with Gasteiger partial charge in [0.1, 0.15) is 17.0 Å². The molecule has 0 unspecified atom stereocenters. The standard InChI is InChI=1S/C18H18F2N4S/c1-18(19,20)13-3-2-4-14(11-13)23-6-8-24(9-7-23)16-15-5-10-25-17(15)22-12-21-16/h2-5,10-12H,6-9H2,1H3. The van der Waals surface area contributed by atoms with E-state index in [9.17, 15) is 8.78 Å². The molecule has 1 saturated heterocycles. The van der Waals surface area contributed by atoms with Crippen molar-refractivity contribution in [3.05, 3.63) is 47.6 Å². The normalized spacial score (nSPS) is 15.8. The minimum absolute atomic E-state index is 0.0585. The first-order chi connectivity index (χ1) is 12.0. The number of hydrogen-bond acceptors (Lipinski definition) is 5. The molecule has 3 aromatic rings. The summed E-state index contributed by atoms with van der Waals surface area (Å²) >= 11 is 1.61. The van der Waals surface area contributed by atoms with Gasteiger partial charge in [0.25, 0.3) is 5.92 Å². The van der Waals surface area contributed by atoms with Crippen LogP contribution in [-0.2, 0) is 5.92 Å². The van der Waals surface area contributed by atoms with Crippen LogP contribution in [0.5, 0.6) is 0 Å². The lowest BCUT2D eigenvalue weighted by atomic mass is 10.1. The summed E-state index contributed by atoms with van der Waals surface area (Å²) in [7, 11) is 0. The molecule has 1 aliphatic heterocycles. The molecule has 0 spiro atoms. The van der Waals surface area contributed by atoms with Crippen LogP contribution in [-0.4, -0.2) is 36.1 Å². The van der Waals surface area contributed by atoms with Crippen molar-refractivity contribution in [2.75, 3.05) is 36.0 Å². The quantitative estimate of drug-likeness (QED) is 0.703. The number of piperazine rings is 1. The van der Waals surface area contributed by atoms with E-state index in [-0.39, 0.29) is 5.56 Å². The Morgan fingerprint density at radius 1 is 1.04 bits per heavy atom. The SMILES string of the molecule is CC(F)(F)c1cccc(N2CCN(c3ncnc4sccc34)CC2)c1. The number of rotatable bonds is 3. The molecule has 1 fully saturated rings. The molecule has 0 atom stereocenters. The van der Waals surface area contributed by atoms with Crippen LogP contribution in [0.15, 0.2) is 42.0 Å². The molecule has 0 bridgehead atoms. The summed E-state index contributed by atoms with van der Waals surface area (Å²) in [6.45, 7) is 4.08. The summed E-state index contributed by atoms with van der Waals surface area (Å²) < 4.78 is 27.1. The number of halogens is 2. The fraction of sp³-hybridized carbons (Fsp3) is 0.333. The highest BCUT2D eigenvalue weighted by Gasteiger charge is 2.26. The highest BCUT2D eigenvalue weighted by molar-refractivity contribution is 7.16. The van der Waals surface area contributed by atoms with E-state index in [4.69, 9.17) is 0 Å². The maximum atomic E-state index is 13.6. The molecule has 0 amide bonds. The Kier molecular flexibility index (Phi) is 4.03. The van der Waals surface area contributed by atoms with E-state index in [2.05, 4.69) is 25.8 Å². The van der Waals surface area contributed by atoms with Gasteiger partial charge in [0.05, 0.1) is 5.39 Å². The molecule has 1 aliphatic rings. The van der Waals surface area contributed by atoms with Crippen molar-refractivity contribution in [2.45, 2.75) is 12.8 Å². The van der Waals surface area contributed by atoms with Gasteiger partial charge in [0.2, 0.25) is 0 Å². The minimum atomic E-state index is -2.82. The maximum Gasteiger partial charge on any atom is 0.270 e. The van der Waals surface area contributed by atoms with Gasteiger partial charge in [-0.25, -0.2) is 18.7 Å². The van der Waals surface area contributed by atoms with Gasteiger partial charge in [0, 0.05) is 44.4 Å². The summed E-state index contributed by atoms with van der Waals surface area (Å²) in [5, 5.41) is 3.10. The van der Waals surface area contributed by atoms with Crippen molar-refractivity contribution in [2.24, 2.45) is 0 Å². The summed E-state index contributed by atoms with van der Waals surface area (Å²) in [6, 6.07) is 8.72. The molecule has 25 heavy (non-hydrogen) atoms. The third-order valence-electron chi connectivity index (χ3n) is 4.54. The van der Waals surface area contributed by atoms with Gasteiger partial charge in [-0.15, -0.1) is 11.3 Å². The van der Waals surface area contributed by atoms with Crippen molar-refractivity contribution >= 4 is 33.1 Å². The summed E-state index contributed by atoms with van der Waals surface area (Å²) in [6.07, 6.45) is 1.60. The first kappa shape index (κ1) is 16.2. The number of anilines is 2. The smallest absolute Gasteiger partial charge is 0.270 e. The average Bonchev–Trinajstić information content (AvgIpc) is 3.10. The Balaban J connectivity index is 1.51. The predicted molar refractivity (Wildman–Crippen MR) is 97.9 cm³/mol. The lowest BCUT2D eigenvalue weighted by Gasteiger charge is -2.37. The largest absolute Gasteiger partial charge is 0.368 e. The zero-order valence-electron chi connectivity index (χ0n) is 13.8. The van der Waals surface area contributed by atoms with Gasteiger partial charge in [-0.2, -0.15) is 0 Å². The third kappa shape index (κ3) is 3.16. The Bertz CT molecular complexity index is 882. The second-order valence-corrected chi connectivity index (χ2v) is 7.14. The fourth-order valence-electron chi connectivity index (χ4n) is 3.18. The number of hydrogen-bond donors (Lipinski definition) is 0. The molecule has 4 nitrogen and oxygen atoms in total. The van der Waals surface area contributed by atoms with E-state index in [1.165, 1.54) is 6.07 Å². The number of nitrogens with zero attached hydrogens (tertiary/aromatic N) is 4. The molecule has 1 aromatic carbocycles. The van der Waals surface area contributed by atoms with Crippen molar-refractivity contribution in [1.82, 2.24) is 9.97 Å². The number of fused-ring (bicyclic) bond motifs is 1. The van der Waals surface area contributed by atoms with Crippen molar-refractivity contribution < 1.29 is 8.78 Å². The second kappa shape index (κ2) is 6.22. The van der Waals surface area contributed by atoms with E-state index in [0.717, 1.165) is 54.8 Å². The molecule has 2 aromatic heterocycles. The molecule has 7 heteroatoms. The third-order valence-corrected chi connectivity index (χ3v) is 5.36. The van der Waals surface area contributed by atoms with Crippen LogP contribution >= 0.6 is 11.3 Å². The highest BCUT2D eigenvalue weighted by atomic mass is 32.1. The van der Waals surface area contributed by atoms with Gasteiger partial charge < -0.3 is 9.80 Å². The zero-order chi connectivity index (χ0) is 17.4. The molecule has 130 valence electrons. The molecule has 4 rings (SSSR count). The molecular formula is C18H18F2N4S. The van der Waals surface area contributed by atoms with E-state index < -0.39 is 5.92 Å². The minimum Gasteiger partial charge on any atom is -0.368 e. The monoisotopic (exact) mass is 360 g/mol. The number of aromatic nitrogens is 2. The van der Waals surface area contributed by atoms with Gasteiger partial charge >= 0.3 is 0 Å². The van der Waals surface area contributed by atoms with Gasteiger partial charge in [-0.05, 0) is 23.6 Å².